The molecule has 0 unspecified atom stereocenters. The maximum atomic E-state index is 9.01. The largest absolute Gasteiger partial charge is 0.283 e. The molecular formula is C16H16N4+2. The third kappa shape index (κ3) is 3.40. The Hall–Kier alpha value is -2.72. The summed E-state index contributed by atoms with van der Waals surface area (Å²) >= 11 is 0. The van der Waals surface area contributed by atoms with Crippen molar-refractivity contribution in [3.63, 3.8) is 0 Å². The maximum Gasteiger partial charge on any atom is 0.283 e. The predicted octanol–water partition coefficient (Wildman–Crippen LogP) is 1.49. The SMILES string of the molecule is N#Cc1cccc[n+]1CCCC[n+]1ccccc1C#N. The van der Waals surface area contributed by atoms with Crippen LogP contribution in [0.15, 0.2) is 48.8 Å². The predicted molar refractivity (Wildman–Crippen MR) is 71.9 cm³/mol. The highest BCUT2D eigenvalue weighted by atomic mass is 15.0. The zero-order valence-corrected chi connectivity index (χ0v) is 11.2. The first-order chi connectivity index (χ1) is 9.85. The normalized spacial score (nSPS) is 9.70. The van der Waals surface area contributed by atoms with E-state index in [4.69, 9.17) is 10.5 Å². The topological polar surface area (TPSA) is 55.3 Å². The second-order valence-corrected chi connectivity index (χ2v) is 4.49. The number of nitriles is 2. The van der Waals surface area contributed by atoms with Gasteiger partial charge in [-0.15, -0.1) is 0 Å². The second kappa shape index (κ2) is 7.01. The number of hydrogen-bond donors (Lipinski definition) is 0. The molecule has 4 nitrogen and oxygen atoms in total. The Labute approximate surface area is 118 Å². The number of aryl methyl sites for hydroxylation is 2. The molecule has 20 heavy (non-hydrogen) atoms. The van der Waals surface area contributed by atoms with Gasteiger partial charge in [0.15, 0.2) is 24.5 Å². The van der Waals surface area contributed by atoms with Crippen LogP contribution in [-0.2, 0) is 13.1 Å². The van der Waals surface area contributed by atoms with Gasteiger partial charge in [0.25, 0.3) is 11.4 Å². The Kier molecular flexibility index (Phi) is 4.81. The summed E-state index contributed by atoms with van der Waals surface area (Å²) in [6.45, 7) is 1.64. The summed E-state index contributed by atoms with van der Waals surface area (Å²) in [6, 6.07) is 15.6. The van der Waals surface area contributed by atoms with Crippen molar-refractivity contribution in [3.8, 4) is 12.1 Å². The standard InChI is InChI=1S/C16H16N4/c17-13-15-7-1-3-9-19(15)11-5-6-12-20-10-4-2-8-16(20)14-18/h1-4,7-10H,5-6,11-12H2/q+2. The fraction of sp³-hybridized carbons (Fsp3) is 0.250. The summed E-state index contributed by atoms with van der Waals surface area (Å²) < 4.78 is 3.92. The number of hydrogen-bond acceptors (Lipinski definition) is 2. The van der Waals surface area contributed by atoms with Gasteiger partial charge in [0.1, 0.15) is 13.1 Å². The van der Waals surface area contributed by atoms with Crippen molar-refractivity contribution in [2.24, 2.45) is 0 Å². The van der Waals surface area contributed by atoms with Crippen molar-refractivity contribution < 1.29 is 9.13 Å². The molecule has 0 spiro atoms. The summed E-state index contributed by atoms with van der Waals surface area (Å²) in [4.78, 5) is 0. The summed E-state index contributed by atoms with van der Waals surface area (Å²) in [5.74, 6) is 0. The van der Waals surface area contributed by atoms with Crippen molar-refractivity contribution in [1.82, 2.24) is 0 Å². The van der Waals surface area contributed by atoms with Crippen molar-refractivity contribution >= 4 is 0 Å². The molecule has 0 radical (unpaired) electrons. The van der Waals surface area contributed by atoms with Crippen LogP contribution < -0.4 is 9.13 Å². The van der Waals surface area contributed by atoms with Gasteiger partial charge in [-0.25, -0.2) is 0 Å². The van der Waals surface area contributed by atoms with Crippen LogP contribution >= 0.6 is 0 Å². The van der Waals surface area contributed by atoms with Crippen LogP contribution in [0.5, 0.6) is 0 Å². The highest BCUT2D eigenvalue weighted by Crippen LogP contribution is 1.95. The molecule has 0 amide bonds. The van der Waals surface area contributed by atoms with E-state index in [9.17, 15) is 0 Å². The van der Waals surface area contributed by atoms with Crippen molar-refractivity contribution in [3.05, 3.63) is 60.2 Å². The summed E-state index contributed by atoms with van der Waals surface area (Å²) in [6.07, 6.45) is 5.79. The molecule has 0 atom stereocenters. The van der Waals surface area contributed by atoms with Gasteiger partial charge in [-0.2, -0.15) is 19.7 Å². The number of nitrogens with zero attached hydrogens (tertiary/aromatic N) is 4. The smallest absolute Gasteiger partial charge is 0.190 e. The van der Waals surface area contributed by atoms with Crippen LogP contribution in [0.25, 0.3) is 0 Å². The summed E-state index contributed by atoms with van der Waals surface area (Å²) in [5.41, 5.74) is 1.36. The van der Waals surface area contributed by atoms with Crippen molar-refractivity contribution in [2.45, 2.75) is 25.9 Å². The van der Waals surface area contributed by atoms with Crippen LogP contribution in [0.3, 0.4) is 0 Å². The van der Waals surface area contributed by atoms with E-state index in [-0.39, 0.29) is 0 Å². The lowest BCUT2D eigenvalue weighted by molar-refractivity contribution is -0.710. The van der Waals surface area contributed by atoms with Crippen LogP contribution in [0.2, 0.25) is 0 Å². The Morgan fingerprint density at radius 2 is 1.20 bits per heavy atom. The number of rotatable bonds is 5. The van der Waals surface area contributed by atoms with E-state index in [2.05, 4.69) is 12.1 Å². The highest BCUT2D eigenvalue weighted by molar-refractivity contribution is 5.13. The van der Waals surface area contributed by atoms with Crippen molar-refractivity contribution in [1.29, 1.82) is 10.5 Å². The molecular weight excluding hydrogens is 248 g/mol. The van der Waals surface area contributed by atoms with E-state index in [1.165, 1.54) is 0 Å². The third-order valence-electron chi connectivity index (χ3n) is 3.16. The zero-order chi connectivity index (χ0) is 14.2. The molecule has 0 aromatic carbocycles. The monoisotopic (exact) mass is 264 g/mol. The fourth-order valence-corrected chi connectivity index (χ4v) is 2.11. The van der Waals surface area contributed by atoms with Gasteiger partial charge >= 0.3 is 0 Å². The first-order valence-corrected chi connectivity index (χ1v) is 6.62. The lowest BCUT2D eigenvalue weighted by atomic mass is 10.2. The maximum absolute atomic E-state index is 9.01. The summed E-state index contributed by atoms with van der Waals surface area (Å²) in [7, 11) is 0. The lowest BCUT2D eigenvalue weighted by Gasteiger charge is -1.99. The molecule has 2 rings (SSSR count). The second-order valence-electron chi connectivity index (χ2n) is 4.49. The molecule has 0 aliphatic carbocycles. The Balaban J connectivity index is 1.88. The van der Waals surface area contributed by atoms with Crippen LogP contribution in [0, 0.1) is 22.7 Å². The third-order valence-corrected chi connectivity index (χ3v) is 3.16. The highest BCUT2D eigenvalue weighted by Gasteiger charge is 2.10. The van der Waals surface area contributed by atoms with Gasteiger partial charge in [0.05, 0.1) is 0 Å². The van der Waals surface area contributed by atoms with Gasteiger partial charge < -0.3 is 0 Å². The first kappa shape index (κ1) is 13.7. The van der Waals surface area contributed by atoms with E-state index in [0.717, 1.165) is 25.9 Å². The van der Waals surface area contributed by atoms with Crippen molar-refractivity contribution in [2.75, 3.05) is 0 Å². The molecule has 2 aromatic heterocycles. The molecule has 0 bridgehead atoms. The number of aromatic nitrogens is 2. The number of pyridine rings is 2. The molecule has 0 saturated heterocycles. The van der Waals surface area contributed by atoms with E-state index in [1.54, 1.807) is 0 Å². The molecule has 0 saturated carbocycles. The molecule has 0 aliphatic heterocycles. The molecule has 0 fully saturated rings. The fourth-order valence-electron chi connectivity index (χ4n) is 2.11. The number of unbranched alkanes of at least 4 members (excludes halogenated alkanes) is 1. The van der Waals surface area contributed by atoms with Gasteiger partial charge in [0, 0.05) is 37.1 Å². The minimum Gasteiger partial charge on any atom is -0.190 e. The minimum atomic E-state index is 0.678. The van der Waals surface area contributed by atoms with E-state index in [1.807, 2.05) is 57.9 Å². The Morgan fingerprint density at radius 1 is 0.750 bits per heavy atom. The summed E-state index contributed by atoms with van der Waals surface area (Å²) in [5, 5.41) is 18.0. The van der Waals surface area contributed by atoms with Crippen LogP contribution in [0.4, 0.5) is 0 Å². The Morgan fingerprint density at radius 3 is 1.60 bits per heavy atom. The van der Waals surface area contributed by atoms with Crippen LogP contribution in [0.1, 0.15) is 24.2 Å². The minimum absolute atomic E-state index is 0.678. The molecule has 98 valence electrons. The molecule has 2 aromatic rings. The average Bonchev–Trinajstić information content (AvgIpc) is 2.52. The Bertz CT molecular complexity index is 605. The zero-order valence-electron chi connectivity index (χ0n) is 11.2. The van der Waals surface area contributed by atoms with Crippen LogP contribution in [-0.4, -0.2) is 0 Å². The van der Waals surface area contributed by atoms with E-state index < -0.39 is 0 Å². The van der Waals surface area contributed by atoms with Gasteiger partial charge in [-0.05, 0) is 12.1 Å². The molecule has 0 aliphatic rings. The molecule has 0 N–H and O–H groups in total. The van der Waals surface area contributed by atoms with Gasteiger partial charge in [-0.1, -0.05) is 0 Å². The molecule has 2 heterocycles. The quantitative estimate of drug-likeness (QED) is 0.607. The lowest BCUT2D eigenvalue weighted by Crippen LogP contribution is -2.39. The first-order valence-electron chi connectivity index (χ1n) is 6.62. The molecule has 4 heteroatoms. The van der Waals surface area contributed by atoms with Gasteiger partial charge in [0.2, 0.25) is 0 Å². The average molecular weight is 264 g/mol. The van der Waals surface area contributed by atoms with E-state index >= 15 is 0 Å². The van der Waals surface area contributed by atoms with E-state index in [0.29, 0.717) is 11.4 Å². The van der Waals surface area contributed by atoms with Gasteiger partial charge in [-0.3, -0.25) is 0 Å².